The maximum atomic E-state index is 13.6. The third-order valence-electron chi connectivity index (χ3n) is 3.82. The molecule has 0 aliphatic carbocycles. The molecule has 1 aromatic rings. The Morgan fingerprint density at radius 2 is 2.18 bits per heavy atom. The zero-order valence-corrected chi connectivity index (χ0v) is 13.3. The van der Waals surface area contributed by atoms with Crippen LogP contribution in [0.3, 0.4) is 0 Å². The van der Waals surface area contributed by atoms with Gasteiger partial charge in [-0.3, -0.25) is 4.79 Å². The molecule has 2 N–H and O–H groups in total. The van der Waals surface area contributed by atoms with Gasteiger partial charge in [-0.25, -0.2) is 12.8 Å². The maximum Gasteiger partial charge on any atom is 0.235 e. The Labute approximate surface area is 129 Å². The van der Waals surface area contributed by atoms with Crippen LogP contribution < -0.4 is 5.73 Å². The smallest absolute Gasteiger partial charge is 0.235 e. The minimum atomic E-state index is -3.79. The van der Waals surface area contributed by atoms with E-state index in [1.807, 2.05) is 0 Å². The minimum absolute atomic E-state index is 0.0702. The van der Waals surface area contributed by atoms with Crippen LogP contribution in [0.2, 0.25) is 0 Å². The van der Waals surface area contributed by atoms with Gasteiger partial charge in [0.25, 0.3) is 0 Å². The highest BCUT2D eigenvalue weighted by atomic mass is 32.2. The monoisotopic (exact) mass is 330 g/mol. The molecule has 1 saturated heterocycles. The van der Waals surface area contributed by atoms with E-state index in [0.717, 1.165) is 4.31 Å². The second-order valence-corrected chi connectivity index (χ2v) is 7.34. The zero-order chi connectivity index (χ0) is 16.5. The quantitative estimate of drug-likeness (QED) is 0.853. The molecular weight excluding hydrogens is 311 g/mol. The number of halogens is 1. The van der Waals surface area contributed by atoms with E-state index in [1.54, 1.807) is 13.0 Å². The van der Waals surface area contributed by atoms with Crippen LogP contribution in [0.4, 0.5) is 4.39 Å². The van der Waals surface area contributed by atoms with Crippen LogP contribution >= 0.6 is 0 Å². The lowest BCUT2D eigenvalue weighted by Gasteiger charge is -2.21. The fourth-order valence-corrected chi connectivity index (χ4v) is 4.26. The number of nitrogens with zero attached hydrogens (tertiary/aromatic N) is 1. The summed E-state index contributed by atoms with van der Waals surface area (Å²) in [5, 5.41) is 0. The van der Waals surface area contributed by atoms with Crippen molar-refractivity contribution >= 4 is 15.9 Å². The molecule has 1 aromatic carbocycles. The van der Waals surface area contributed by atoms with Crippen molar-refractivity contribution in [1.29, 1.82) is 0 Å². The molecule has 22 heavy (non-hydrogen) atoms. The van der Waals surface area contributed by atoms with Crippen molar-refractivity contribution in [3.63, 3.8) is 0 Å². The third-order valence-corrected chi connectivity index (χ3v) is 5.64. The molecule has 2 rings (SSSR count). The highest BCUT2D eigenvalue weighted by Gasteiger charge is 2.42. The van der Waals surface area contributed by atoms with Gasteiger partial charge < -0.3 is 10.5 Å². The van der Waals surface area contributed by atoms with Gasteiger partial charge in [0, 0.05) is 20.1 Å². The number of ether oxygens (including phenoxy) is 1. The highest BCUT2D eigenvalue weighted by Crippen LogP contribution is 2.25. The number of amides is 1. The molecule has 1 amide bonds. The second-order valence-electron chi connectivity index (χ2n) is 5.42. The van der Waals surface area contributed by atoms with Crippen LogP contribution in [0.15, 0.2) is 18.2 Å². The number of methoxy groups -OCH3 is 1. The van der Waals surface area contributed by atoms with Crippen LogP contribution in [0.1, 0.15) is 17.5 Å². The van der Waals surface area contributed by atoms with Crippen LogP contribution in [-0.4, -0.2) is 44.4 Å². The van der Waals surface area contributed by atoms with Gasteiger partial charge in [-0.15, -0.1) is 0 Å². The zero-order valence-electron chi connectivity index (χ0n) is 12.5. The average molecular weight is 330 g/mol. The molecule has 0 unspecified atom stereocenters. The van der Waals surface area contributed by atoms with Gasteiger partial charge in [0.1, 0.15) is 11.9 Å². The van der Waals surface area contributed by atoms with Crippen molar-refractivity contribution in [2.75, 3.05) is 13.7 Å². The Morgan fingerprint density at radius 1 is 1.50 bits per heavy atom. The number of carbonyl (C=O) groups is 1. The lowest BCUT2D eigenvalue weighted by atomic mass is 10.2. The Morgan fingerprint density at radius 3 is 2.73 bits per heavy atom. The van der Waals surface area contributed by atoms with Crippen molar-refractivity contribution in [2.24, 2.45) is 5.73 Å². The van der Waals surface area contributed by atoms with Gasteiger partial charge >= 0.3 is 0 Å². The summed E-state index contributed by atoms with van der Waals surface area (Å²) in [7, 11) is -2.34. The molecule has 0 saturated carbocycles. The number of carbonyl (C=O) groups excluding carboxylic acids is 1. The lowest BCUT2D eigenvalue weighted by Crippen LogP contribution is -2.44. The normalized spacial score (nSPS) is 22.9. The molecule has 0 bridgehead atoms. The number of nitrogens with two attached hydrogens (primary N) is 1. The van der Waals surface area contributed by atoms with Crippen LogP contribution in [0.5, 0.6) is 0 Å². The highest BCUT2D eigenvalue weighted by molar-refractivity contribution is 7.88. The summed E-state index contributed by atoms with van der Waals surface area (Å²) in [6.45, 7) is 1.67. The Kier molecular flexibility index (Phi) is 4.84. The van der Waals surface area contributed by atoms with Crippen molar-refractivity contribution < 1.29 is 22.3 Å². The van der Waals surface area contributed by atoms with E-state index < -0.39 is 27.8 Å². The molecule has 1 heterocycles. The molecule has 1 aliphatic heterocycles. The predicted octanol–water partition coefficient (Wildman–Crippen LogP) is 0.539. The molecule has 8 heteroatoms. The van der Waals surface area contributed by atoms with Gasteiger partial charge in [0.05, 0.1) is 11.9 Å². The minimum Gasteiger partial charge on any atom is -0.380 e. The van der Waals surface area contributed by atoms with Gasteiger partial charge in [0.2, 0.25) is 15.9 Å². The van der Waals surface area contributed by atoms with Crippen molar-refractivity contribution in [1.82, 2.24) is 4.31 Å². The summed E-state index contributed by atoms with van der Waals surface area (Å²) in [4.78, 5) is 11.5. The van der Waals surface area contributed by atoms with E-state index in [9.17, 15) is 17.6 Å². The van der Waals surface area contributed by atoms with Crippen LogP contribution in [0.25, 0.3) is 0 Å². The fourth-order valence-electron chi connectivity index (χ4n) is 2.52. The van der Waals surface area contributed by atoms with Crippen LogP contribution in [0, 0.1) is 12.7 Å². The van der Waals surface area contributed by atoms with Gasteiger partial charge in [-0.2, -0.15) is 4.31 Å². The number of benzene rings is 1. The van der Waals surface area contributed by atoms with Crippen molar-refractivity contribution in [3.8, 4) is 0 Å². The first-order valence-electron chi connectivity index (χ1n) is 6.81. The first-order chi connectivity index (χ1) is 10.2. The average Bonchev–Trinajstić information content (AvgIpc) is 2.88. The summed E-state index contributed by atoms with van der Waals surface area (Å²) in [6, 6.07) is 3.34. The summed E-state index contributed by atoms with van der Waals surface area (Å²) in [5.41, 5.74) is 6.05. The van der Waals surface area contributed by atoms with E-state index in [-0.39, 0.29) is 24.8 Å². The van der Waals surface area contributed by atoms with Gasteiger partial charge in [-0.1, -0.05) is 12.1 Å². The third kappa shape index (κ3) is 3.45. The number of hydrogen-bond acceptors (Lipinski definition) is 4. The Bertz CT molecular complexity index is 677. The van der Waals surface area contributed by atoms with E-state index in [0.29, 0.717) is 11.1 Å². The number of aryl methyl sites for hydroxylation is 1. The first kappa shape index (κ1) is 16.9. The second kappa shape index (κ2) is 6.31. The largest absolute Gasteiger partial charge is 0.380 e. The predicted molar refractivity (Wildman–Crippen MR) is 78.9 cm³/mol. The molecule has 0 radical (unpaired) electrons. The molecule has 1 fully saturated rings. The van der Waals surface area contributed by atoms with E-state index in [4.69, 9.17) is 10.5 Å². The van der Waals surface area contributed by atoms with E-state index >= 15 is 0 Å². The summed E-state index contributed by atoms with van der Waals surface area (Å²) in [6.07, 6.45) is -0.144. The van der Waals surface area contributed by atoms with Crippen molar-refractivity contribution in [2.45, 2.75) is 31.2 Å². The summed E-state index contributed by atoms with van der Waals surface area (Å²) < 4.78 is 44.8. The molecule has 122 valence electrons. The van der Waals surface area contributed by atoms with Crippen LogP contribution in [-0.2, 0) is 25.3 Å². The standard InChI is InChI=1S/C14H19FN2O4S/c1-9-3-4-10(5-12(9)15)8-22(19,20)17-7-11(21-2)6-13(17)14(16)18/h3-5,11,13H,6-8H2,1-2H3,(H2,16,18)/t11-,13-/m0/s1. The van der Waals surface area contributed by atoms with E-state index in [1.165, 1.54) is 19.2 Å². The molecule has 0 aromatic heterocycles. The topological polar surface area (TPSA) is 89.7 Å². The van der Waals surface area contributed by atoms with Gasteiger partial charge in [0.15, 0.2) is 0 Å². The van der Waals surface area contributed by atoms with Gasteiger partial charge in [-0.05, 0) is 24.1 Å². The summed E-state index contributed by atoms with van der Waals surface area (Å²) in [5.74, 6) is -1.56. The molecule has 1 aliphatic rings. The maximum absolute atomic E-state index is 13.6. The number of sulfonamides is 1. The summed E-state index contributed by atoms with van der Waals surface area (Å²) >= 11 is 0. The Hall–Kier alpha value is -1.51. The number of primary amides is 1. The Balaban J connectivity index is 2.24. The molecular formula is C14H19FN2O4S. The SMILES string of the molecule is CO[C@H]1C[C@@H](C(N)=O)N(S(=O)(=O)Cc2ccc(C)c(F)c2)C1. The first-order valence-corrected chi connectivity index (χ1v) is 8.42. The molecule has 6 nitrogen and oxygen atoms in total. The lowest BCUT2D eigenvalue weighted by molar-refractivity contribution is -0.121. The molecule has 2 atom stereocenters. The number of rotatable bonds is 5. The van der Waals surface area contributed by atoms with E-state index in [2.05, 4.69) is 0 Å². The molecule has 0 spiro atoms. The fraction of sp³-hybridized carbons (Fsp3) is 0.500. The number of hydrogen-bond donors (Lipinski definition) is 1. The van der Waals surface area contributed by atoms with Crippen molar-refractivity contribution in [3.05, 3.63) is 35.1 Å².